The van der Waals surface area contributed by atoms with Crippen LogP contribution in [0.2, 0.25) is 0 Å². The van der Waals surface area contributed by atoms with Crippen LogP contribution < -0.4 is 0 Å². The van der Waals surface area contributed by atoms with Gasteiger partial charge in [0, 0.05) is 25.4 Å². The Balaban J connectivity index is 2.02. The van der Waals surface area contributed by atoms with Crippen LogP contribution in [0.15, 0.2) is 0 Å². The molecule has 0 aliphatic carbocycles. The van der Waals surface area contributed by atoms with Crippen molar-refractivity contribution in [3.8, 4) is 0 Å². The molecule has 2 rings (SSSR count). The molecule has 2 fully saturated rings. The van der Waals surface area contributed by atoms with Crippen molar-refractivity contribution in [2.24, 2.45) is 5.92 Å². The molecule has 152 valence electrons. The lowest BCUT2D eigenvalue weighted by Gasteiger charge is -2.28. The van der Waals surface area contributed by atoms with Gasteiger partial charge in [-0.05, 0) is 48.0 Å². The Hall–Kier alpha value is -2.12. The molecular weight excluding hydrogens is 352 g/mol. The average molecular weight is 382 g/mol. The van der Waals surface area contributed by atoms with Crippen molar-refractivity contribution in [3.63, 3.8) is 0 Å². The van der Waals surface area contributed by atoms with Crippen molar-refractivity contribution in [3.05, 3.63) is 0 Å². The van der Waals surface area contributed by atoms with E-state index >= 15 is 0 Å². The van der Waals surface area contributed by atoms with Crippen molar-refractivity contribution in [1.82, 2.24) is 9.80 Å². The predicted octanol–water partition coefficient (Wildman–Crippen LogP) is 2.39. The number of Topliss-reactive ketones (excluding diaryl/α,β-unsaturated/α-hetero) is 2. The molecule has 2 saturated heterocycles. The highest BCUT2D eigenvalue weighted by Gasteiger charge is 2.45. The van der Waals surface area contributed by atoms with E-state index in [1.165, 1.54) is 9.80 Å². The Morgan fingerprint density at radius 3 is 2.07 bits per heavy atom. The molecule has 8 heteroatoms. The fraction of sp³-hybridized carbons (Fsp3) is 0.789. The number of ketones is 2. The zero-order chi connectivity index (χ0) is 20.6. The Bertz CT molecular complexity index is 631. The zero-order valence-electron chi connectivity index (χ0n) is 17.0. The minimum Gasteiger partial charge on any atom is -0.444 e. The van der Waals surface area contributed by atoms with Crippen LogP contribution in [0.4, 0.5) is 9.59 Å². The van der Waals surface area contributed by atoms with Crippen molar-refractivity contribution in [2.45, 2.75) is 71.6 Å². The fourth-order valence-corrected chi connectivity index (χ4v) is 3.21. The van der Waals surface area contributed by atoms with Gasteiger partial charge in [-0.15, -0.1) is 0 Å². The maximum atomic E-state index is 12.9. The SMILES string of the molecule is CC(C)(C)OC(=O)N1CCC(C(=O)C2CC(=O)CN2C(=O)OC(C)(C)C)C1. The van der Waals surface area contributed by atoms with Crippen molar-refractivity contribution in [2.75, 3.05) is 19.6 Å². The Labute approximate surface area is 160 Å². The molecule has 27 heavy (non-hydrogen) atoms. The smallest absolute Gasteiger partial charge is 0.411 e. The van der Waals surface area contributed by atoms with Gasteiger partial charge in [0.2, 0.25) is 0 Å². The molecule has 2 unspecified atom stereocenters. The Morgan fingerprint density at radius 2 is 1.52 bits per heavy atom. The molecule has 2 amide bonds. The average Bonchev–Trinajstić information content (AvgIpc) is 3.09. The normalized spacial score (nSPS) is 23.6. The lowest BCUT2D eigenvalue weighted by Crippen LogP contribution is -2.46. The van der Waals surface area contributed by atoms with Gasteiger partial charge >= 0.3 is 12.2 Å². The van der Waals surface area contributed by atoms with Crippen molar-refractivity contribution in [1.29, 1.82) is 0 Å². The van der Waals surface area contributed by atoms with Gasteiger partial charge in [0.15, 0.2) is 11.6 Å². The highest BCUT2D eigenvalue weighted by atomic mass is 16.6. The van der Waals surface area contributed by atoms with Crippen LogP contribution in [0.25, 0.3) is 0 Å². The van der Waals surface area contributed by atoms with E-state index in [4.69, 9.17) is 9.47 Å². The largest absolute Gasteiger partial charge is 0.444 e. The topological polar surface area (TPSA) is 93.2 Å². The van der Waals surface area contributed by atoms with Crippen LogP contribution in [0.1, 0.15) is 54.4 Å². The molecule has 0 N–H and O–H groups in total. The van der Waals surface area contributed by atoms with E-state index in [9.17, 15) is 19.2 Å². The summed E-state index contributed by atoms with van der Waals surface area (Å²) in [7, 11) is 0. The molecule has 2 aliphatic heterocycles. The first kappa shape index (κ1) is 21.2. The maximum absolute atomic E-state index is 12.9. The predicted molar refractivity (Wildman–Crippen MR) is 97.3 cm³/mol. The molecular formula is C19H30N2O6. The number of hydrogen-bond donors (Lipinski definition) is 0. The highest BCUT2D eigenvalue weighted by molar-refractivity contribution is 5.99. The van der Waals surface area contributed by atoms with E-state index in [2.05, 4.69) is 0 Å². The van der Waals surface area contributed by atoms with E-state index < -0.39 is 35.3 Å². The summed E-state index contributed by atoms with van der Waals surface area (Å²) in [5.74, 6) is -0.780. The van der Waals surface area contributed by atoms with E-state index in [0.717, 1.165) is 0 Å². The first-order valence-corrected chi connectivity index (χ1v) is 9.30. The van der Waals surface area contributed by atoms with Gasteiger partial charge in [0.05, 0.1) is 6.54 Å². The van der Waals surface area contributed by atoms with Crippen LogP contribution in [0.3, 0.4) is 0 Å². The van der Waals surface area contributed by atoms with E-state index in [1.54, 1.807) is 41.5 Å². The van der Waals surface area contributed by atoms with Gasteiger partial charge in [-0.25, -0.2) is 9.59 Å². The molecule has 0 bridgehead atoms. The lowest BCUT2D eigenvalue weighted by molar-refractivity contribution is -0.127. The van der Waals surface area contributed by atoms with Crippen LogP contribution in [-0.2, 0) is 19.1 Å². The summed E-state index contributed by atoms with van der Waals surface area (Å²) in [6.45, 7) is 11.1. The van der Waals surface area contributed by atoms with Gasteiger partial charge in [0.25, 0.3) is 0 Å². The molecule has 0 radical (unpaired) electrons. The number of ether oxygens (including phenoxy) is 2. The van der Waals surface area contributed by atoms with Gasteiger partial charge in [-0.3, -0.25) is 14.5 Å². The summed E-state index contributed by atoms with van der Waals surface area (Å²) in [6.07, 6.45) is -0.621. The molecule has 8 nitrogen and oxygen atoms in total. The number of likely N-dealkylation sites (tertiary alicyclic amines) is 2. The third-order valence-electron chi connectivity index (χ3n) is 4.34. The molecule has 2 atom stereocenters. The highest BCUT2D eigenvalue weighted by Crippen LogP contribution is 2.27. The molecule has 2 heterocycles. The third-order valence-corrected chi connectivity index (χ3v) is 4.34. The maximum Gasteiger partial charge on any atom is 0.411 e. The second-order valence-electron chi connectivity index (χ2n) is 9.18. The molecule has 0 aromatic carbocycles. The standard InChI is InChI=1S/C19H30N2O6/c1-18(2,3)26-16(24)20-8-7-12(10-20)15(23)14-9-13(22)11-21(14)17(25)27-19(4,5)6/h12,14H,7-11H2,1-6H3. The number of carbonyl (C=O) groups excluding carboxylic acids is 4. The molecule has 2 aliphatic rings. The van der Waals surface area contributed by atoms with Crippen LogP contribution >= 0.6 is 0 Å². The van der Waals surface area contributed by atoms with Gasteiger partial charge in [-0.2, -0.15) is 0 Å². The molecule has 0 aromatic heterocycles. The zero-order valence-corrected chi connectivity index (χ0v) is 17.0. The first-order valence-electron chi connectivity index (χ1n) is 9.30. The second kappa shape index (κ2) is 7.48. The van der Waals surface area contributed by atoms with Gasteiger partial charge < -0.3 is 14.4 Å². The summed E-state index contributed by atoms with van der Waals surface area (Å²) in [5, 5.41) is 0. The summed E-state index contributed by atoms with van der Waals surface area (Å²) in [4.78, 5) is 52.1. The van der Waals surface area contributed by atoms with Crippen LogP contribution in [0.5, 0.6) is 0 Å². The van der Waals surface area contributed by atoms with Crippen molar-refractivity contribution < 1.29 is 28.7 Å². The summed E-state index contributed by atoms with van der Waals surface area (Å²) in [6, 6.07) is -0.823. The molecule has 0 spiro atoms. The Morgan fingerprint density at radius 1 is 0.963 bits per heavy atom. The number of hydrogen-bond acceptors (Lipinski definition) is 6. The summed E-state index contributed by atoms with van der Waals surface area (Å²) < 4.78 is 10.7. The third kappa shape index (κ3) is 5.68. The number of amides is 2. The number of carbonyl (C=O) groups is 4. The summed E-state index contributed by atoms with van der Waals surface area (Å²) in [5.41, 5.74) is -1.32. The number of nitrogens with zero attached hydrogens (tertiary/aromatic N) is 2. The van der Waals surface area contributed by atoms with Crippen molar-refractivity contribution >= 4 is 23.8 Å². The summed E-state index contributed by atoms with van der Waals surface area (Å²) >= 11 is 0. The van der Waals surface area contributed by atoms with E-state index in [-0.39, 0.29) is 31.1 Å². The monoisotopic (exact) mass is 382 g/mol. The van der Waals surface area contributed by atoms with E-state index in [0.29, 0.717) is 13.0 Å². The van der Waals surface area contributed by atoms with E-state index in [1.807, 2.05) is 0 Å². The lowest BCUT2D eigenvalue weighted by atomic mass is 9.95. The molecule has 0 aromatic rings. The van der Waals surface area contributed by atoms with Gasteiger partial charge in [0.1, 0.15) is 17.2 Å². The van der Waals surface area contributed by atoms with Gasteiger partial charge in [-0.1, -0.05) is 0 Å². The second-order valence-corrected chi connectivity index (χ2v) is 9.18. The Kier molecular flexibility index (Phi) is 5.87. The van der Waals surface area contributed by atoms with Crippen LogP contribution in [0, 0.1) is 5.92 Å². The molecule has 0 saturated carbocycles. The first-order chi connectivity index (χ1) is 12.3. The minimum atomic E-state index is -0.823. The van der Waals surface area contributed by atoms with Crippen LogP contribution in [-0.4, -0.2) is 70.4 Å². The fourth-order valence-electron chi connectivity index (χ4n) is 3.21. The quantitative estimate of drug-likeness (QED) is 0.728. The number of rotatable bonds is 2. The minimum absolute atomic E-state index is 0.00101.